The van der Waals surface area contributed by atoms with E-state index >= 15 is 0 Å². The van der Waals surface area contributed by atoms with Gasteiger partial charge in [0.15, 0.2) is 0 Å². The molecule has 0 bridgehead atoms. The van der Waals surface area contributed by atoms with E-state index in [2.05, 4.69) is 87.8 Å². The first-order valence-corrected chi connectivity index (χ1v) is 9.85. The van der Waals surface area contributed by atoms with E-state index in [1.54, 1.807) is 6.20 Å². The average Bonchev–Trinajstić information content (AvgIpc) is 3.36. The molecule has 4 heteroatoms. The molecule has 4 nitrogen and oxygen atoms in total. The fraction of sp³-hybridized carbons (Fsp3) is 0. The second-order valence-corrected chi connectivity index (χ2v) is 6.91. The molecule has 30 heavy (non-hydrogen) atoms. The molecule has 5 aromatic rings. The summed E-state index contributed by atoms with van der Waals surface area (Å²) < 4.78 is 1.87. The summed E-state index contributed by atoms with van der Waals surface area (Å²) in [7, 11) is 0. The SMILES string of the molecule is c1ccc(N(c2cccc(-c3ccccn3)c2)c2cccc(-n3cccn3)c2)cc1. The number of para-hydroxylation sites is 1. The van der Waals surface area contributed by atoms with Crippen LogP contribution >= 0.6 is 0 Å². The van der Waals surface area contributed by atoms with E-state index in [0.717, 1.165) is 34.0 Å². The lowest BCUT2D eigenvalue weighted by Crippen LogP contribution is -2.10. The number of aromatic nitrogens is 3. The van der Waals surface area contributed by atoms with E-state index in [-0.39, 0.29) is 0 Å². The largest absolute Gasteiger partial charge is 0.310 e. The van der Waals surface area contributed by atoms with Gasteiger partial charge in [0.25, 0.3) is 0 Å². The number of benzene rings is 3. The summed E-state index contributed by atoms with van der Waals surface area (Å²) in [5.41, 5.74) is 6.27. The zero-order valence-corrected chi connectivity index (χ0v) is 16.3. The fourth-order valence-corrected chi connectivity index (χ4v) is 3.56. The number of nitrogens with zero attached hydrogens (tertiary/aromatic N) is 4. The van der Waals surface area contributed by atoms with Gasteiger partial charge in [0.2, 0.25) is 0 Å². The van der Waals surface area contributed by atoms with E-state index in [4.69, 9.17) is 0 Å². The zero-order valence-electron chi connectivity index (χ0n) is 16.3. The Morgan fingerprint density at radius 2 is 1.37 bits per heavy atom. The van der Waals surface area contributed by atoms with Gasteiger partial charge in [0.05, 0.1) is 11.4 Å². The second kappa shape index (κ2) is 8.05. The molecule has 0 amide bonds. The van der Waals surface area contributed by atoms with E-state index < -0.39 is 0 Å². The van der Waals surface area contributed by atoms with Crippen LogP contribution in [-0.4, -0.2) is 14.8 Å². The Morgan fingerprint density at radius 3 is 2.13 bits per heavy atom. The third-order valence-electron chi connectivity index (χ3n) is 4.94. The standard InChI is InChI=1S/C26H20N4/c1-2-10-22(11-3-1)30(25-14-7-12-23(20-25)29-18-8-17-28-29)24-13-6-9-21(19-24)26-15-4-5-16-27-26/h1-20H. The van der Waals surface area contributed by atoms with Crippen molar-refractivity contribution in [3.8, 4) is 16.9 Å². The van der Waals surface area contributed by atoms with Gasteiger partial charge in [-0.1, -0.05) is 42.5 Å². The lowest BCUT2D eigenvalue weighted by Gasteiger charge is -2.26. The Labute approximate surface area is 175 Å². The van der Waals surface area contributed by atoms with E-state index in [1.807, 2.05) is 47.4 Å². The van der Waals surface area contributed by atoms with Crippen molar-refractivity contribution in [2.24, 2.45) is 0 Å². The maximum atomic E-state index is 4.51. The molecule has 0 radical (unpaired) electrons. The Hall–Kier alpha value is -4.18. The molecule has 2 aromatic heterocycles. The summed E-state index contributed by atoms with van der Waals surface area (Å²) in [4.78, 5) is 6.76. The topological polar surface area (TPSA) is 34.0 Å². The van der Waals surface area contributed by atoms with Crippen molar-refractivity contribution in [1.82, 2.24) is 14.8 Å². The first kappa shape index (κ1) is 17.9. The van der Waals surface area contributed by atoms with E-state index in [0.29, 0.717) is 0 Å². The maximum absolute atomic E-state index is 4.51. The Kier molecular flexibility index (Phi) is 4.80. The first-order chi connectivity index (χ1) is 14.9. The van der Waals surface area contributed by atoms with Crippen LogP contribution in [0.1, 0.15) is 0 Å². The molecule has 0 aliphatic heterocycles. The Morgan fingerprint density at radius 1 is 0.600 bits per heavy atom. The highest BCUT2D eigenvalue weighted by Crippen LogP contribution is 2.36. The molecular weight excluding hydrogens is 368 g/mol. The third-order valence-corrected chi connectivity index (χ3v) is 4.94. The third kappa shape index (κ3) is 3.59. The number of hydrogen-bond acceptors (Lipinski definition) is 3. The lowest BCUT2D eigenvalue weighted by molar-refractivity contribution is 0.880. The summed E-state index contributed by atoms with van der Waals surface area (Å²) in [5, 5.41) is 4.38. The smallest absolute Gasteiger partial charge is 0.0702 e. The van der Waals surface area contributed by atoms with Crippen LogP contribution in [0.15, 0.2) is 122 Å². The van der Waals surface area contributed by atoms with E-state index in [1.165, 1.54) is 0 Å². The van der Waals surface area contributed by atoms with Gasteiger partial charge in [-0.3, -0.25) is 4.98 Å². The van der Waals surface area contributed by atoms with Crippen LogP contribution in [0.2, 0.25) is 0 Å². The molecule has 0 atom stereocenters. The van der Waals surface area contributed by atoms with Crippen LogP contribution in [0.25, 0.3) is 16.9 Å². The second-order valence-electron chi connectivity index (χ2n) is 6.91. The van der Waals surface area contributed by atoms with Gasteiger partial charge < -0.3 is 4.90 Å². The molecule has 0 aliphatic carbocycles. The van der Waals surface area contributed by atoms with Crippen molar-refractivity contribution in [1.29, 1.82) is 0 Å². The molecule has 3 aromatic carbocycles. The molecule has 0 spiro atoms. The summed E-state index contributed by atoms with van der Waals surface area (Å²) >= 11 is 0. The molecule has 0 unspecified atom stereocenters. The van der Waals surface area contributed by atoms with Crippen LogP contribution in [-0.2, 0) is 0 Å². The molecule has 144 valence electrons. The highest BCUT2D eigenvalue weighted by molar-refractivity contribution is 5.80. The number of anilines is 3. The maximum Gasteiger partial charge on any atom is 0.0702 e. The molecule has 0 aliphatic rings. The Balaban J connectivity index is 1.64. The van der Waals surface area contributed by atoms with Crippen molar-refractivity contribution >= 4 is 17.1 Å². The quantitative estimate of drug-likeness (QED) is 0.349. The highest BCUT2D eigenvalue weighted by Gasteiger charge is 2.14. The normalized spacial score (nSPS) is 10.7. The summed E-state index contributed by atoms with van der Waals surface area (Å²) in [6.07, 6.45) is 5.57. The van der Waals surface area contributed by atoms with Gasteiger partial charge >= 0.3 is 0 Å². The minimum Gasteiger partial charge on any atom is -0.310 e. The molecule has 0 fully saturated rings. The molecule has 0 N–H and O–H groups in total. The zero-order chi connectivity index (χ0) is 20.2. The minimum atomic E-state index is 0.956. The molecule has 5 rings (SSSR count). The van der Waals surface area contributed by atoms with Crippen molar-refractivity contribution in [3.05, 3.63) is 122 Å². The van der Waals surface area contributed by atoms with E-state index in [9.17, 15) is 0 Å². The van der Waals surface area contributed by atoms with Crippen LogP contribution < -0.4 is 4.90 Å². The van der Waals surface area contributed by atoms with Crippen LogP contribution in [0.3, 0.4) is 0 Å². The monoisotopic (exact) mass is 388 g/mol. The fourth-order valence-electron chi connectivity index (χ4n) is 3.56. The van der Waals surface area contributed by atoms with Crippen molar-refractivity contribution in [2.45, 2.75) is 0 Å². The van der Waals surface area contributed by atoms with Crippen molar-refractivity contribution in [3.63, 3.8) is 0 Å². The highest BCUT2D eigenvalue weighted by atomic mass is 15.3. The van der Waals surface area contributed by atoms with Crippen LogP contribution in [0.5, 0.6) is 0 Å². The first-order valence-electron chi connectivity index (χ1n) is 9.85. The predicted molar refractivity (Wildman–Crippen MR) is 121 cm³/mol. The molecular formula is C26H20N4. The molecule has 0 saturated heterocycles. The van der Waals surface area contributed by atoms with Gasteiger partial charge in [-0.2, -0.15) is 5.10 Å². The van der Waals surface area contributed by atoms with Crippen LogP contribution in [0, 0.1) is 0 Å². The number of hydrogen-bond donors (Lipinski definition) is 0. The van der Waals surface area contributed by atoms with Gasteiger partial charge in [-0.15, -0.1) is 0 Å². The van der Waals surface area contributed by atoms with Gasteiger partial charge in [-0.05, 0) is 60.7 Å². The molecule has 2 heterocycles. The van der Waals surface area contributed by atoms with Gasteiger partial charge in [-0.25, -0.2) is 4.68 Å². The molecule has 0 saturated carbocycles. The summed E-state index contributed by atoms with van der Waals surface area (Å²) in [5.74, 6) is 0. The lowest BCUT2D eigenvalue weighted by atomic mass is 10.1. The summed E-state index contributed by atoms with van der Waals surface area (Å²) in [6, 6.07) is 35.1. The average molecular weight is 388 g/mol. The predicted octanol–water partition coefficient (Wildman–Crippen LogP) is 6.40. The van der Waals surface area contributed by atoms with Crippen LogP contribution in [0.4, 0.5) is 17.1 Å². The van der Waals surface area contributed by atoms with Gasteiger partial charge in [0.1, 0.15) is 0 Å². The van der Waals surface area contributed by atoms with Gasteiger partial charge in [0, 0.05) is 41.2 Å². The van der Waals surface area contributed by atoms with Crippen molar-refractivity contribution < 1.29 is 0 Å². The number of rotatable bonds is 5. The number of pyridine rings is 1. The summed E-state index contributed by atoms with van der Waals surface area (Å²) in [6.45, 7) is 0. The van der Waals surface area contributed by atoms with Crippen molar-refractivity contribution in [2.75, 3.05) is 4.90 Å². The minimum absolute atomic E-state index is 0.956. The Bertz CT molecular complexity index is 1230.